The van der Waals surface area contributed by atoms with Crippen molar-refractivity contribution in [1.29, 1.82) is 0 Å². The van der Waals surface area contributed by atoms with E-state index in [1.165, 1.54) is 19.2 Å². The number of benzene rings is 2. The lowest BCUT2D eigenvalue weighted by atomic mass is 10.2. The number of halogens is 2. The summed E-state index contributed by atoms with van der Waals surface area (Å²) in [7, 11) is 1.49. The lowest BCUT2D eigenvalue weighted by Crippen LogP contribution is -2.23. The Morgan fingerprint density at radius 2 is 2.08 bits per heavy atom. The molecule has 1 heterocycles. The first-order valence-corrected chi connectivity index (χ1v) is 7.65. The normalized spacial score (nSPS) is 10.8. The zero-order chi connectivity index (χ0) is 17.3. The van der Waals surface area contributed by atoms with E-state index in [0.29, 0.717) is 15.7 Å². The summed E-state index contributed by atoms with van der Waals surface area (Å²) in [5.74, 6) is -0.881. The van der Waals surface area contributed by atoms with Crippen molar-refractivity contribution in [3.05, 3.63) is 62.7 Å². The van der Waals surface area contributed by atoms with E-state index in [-0.39, 0.29) is 18.1 Å². The summed E-state index contributed by atoms with van der Waals surface area (Å²) in [4.78, 5) is 12.1. The molecule has 0 fully saturated rings. The Morgan fingerprint density at radius 1 is 1.29 bits per heavy atom. The molecule has 0 amide bonds. The van der Waals surface area contributed by atoms with Crippen molar-refractivity contribution in [3.8, 4) is 17.2 Å². The number of aromatic hydroxyl groups is 1. The number of hydrogen-bond acceptors (Lipinski definition) is 5. The lowest BCUT2D eigenvalue weighted by Gasteiger charge is -2.12. The Kier molecular flexibility index (Phi) is 4.34. The smallest absolute Gasteiger partial charge is 0.368 e. The molecule has 0 unspecified atom stereocenters. The number of aromatic nitrogens is 4. The van der Waals surface area contributed by atoms with Gasteiger partial charge in [-0.05, 0) is 34.7 Å². The molecule has 0 saturated carbocycles. The average Bonchev–Trinajstić information content (AvgIpc) is 2.87. The maximum absolute atomic E-state index is 13.8. The summed E-state index contributed by atoms with van der Waals surface area (Å²) in [6, 6.07) is 8.82. The molecule has 124 valence electrons. The maximum Gasteiger partial charge on any atom is 0.368 e. The van der Waals surface area contributed by atoms with E-state index in [4.69, 9.17) is 4.74 Å². The van der Waals surface area contributed by atoms with Gasteiger partial charge in [0, 0.05) is 23.2 Å². The van der Waals surface area contributed by atoms with Gasteiger partial charge in [0.05, 0.1) is 5.69 Å². The zero-order valence-electron chi connectivity index (χ0n) is 12.5. The Morgan fingerprint density at radius 3 is 2.75 bits per heavy atom. The Labute approximate surface area is 144 Å². The van der Waals surface area contributed by atoms with Crippen LogP contribution >= 0.6 is 15.9 Å². The number of tetrazole rings is 1. The Hall–Kier alpha value is -2.68. The third-order valence-corrected chi connectivity index (χ3v) is 4.07. The van der Waals surface area contributed by atoms with Crippen molar-refractivity contribution in [2.24, 2.45) is 7.05 Å². The van der Waals surface area contributed by atoms with Gasteiger partial charge in [0.2, 0.25) is 0 Å². The van der Waals surface area contributed by atoms with Crippen molar-refractivity contribution in [2.75, 3.05) is 0 Å². The topological polar surface area (TPSA) is 82.2 Å². The second-order valence-electron chi connectivity index (χ2n) is 4.94. The largest absolute Gasteiger partial charge is 0.508 e. The number of aryl methyl sites for hydroxylation is 1. The van der Waals surface area contributed by atoms with Crippen LogP contribution < -0.4 is 10.4 Å². The monoisotopic (exact) mass is 394 g/mol. The molecule has 0 bridgehead atoms. The van der Waals surface area contributed by atoms with Gasteiger partial charge in [-0.3, -0.25) is 0 Å². The number of nitrogens with zero attached hydrogens (tertiary/aromatic N) is 4. The summed E-state index contributed by atoms with van der Waals surface area (Å²) < 4.78 is 22.2. The van der Waals surface area contributed by atoms with Gasteiger partial charge < -0.3 is 9.84 Å². The highest BCUT2D eigenvalue weighted by Crippen LogP contribution is 2.27. The van der Waals surface area contributed by atoms with Gasteiger partial charge in [-0.2, -0.15) is 9.36 Å². The minimum atomic E-state index is -0.680. The Balaban J connectivity index is 1.96. The molecule has 24 heavy (non-hydrogen) atoms. The molecule has 9 heteroatoms. The minimum absolute atomic E-state index is 0.0124. The van der Waals surface area contributed by atoms with Crippen LogP contribution in [0, 0.1) is 5.82 Å². The summed E-state index contributed by atoms with van der Waals surface area (Å²) >= 11 is 3.40. The van der Waals surface area contributed by atoms with Crippen LogP contribution in [0.1, 0.15) is 5.56 Å². The molecule has 0 radical (unpaired) electrons. The van der Waals surface area contributed by atoms with E-state index in [1.807, 2.05) is 0 Å². The molecule has 0 aliphatic heterocycles. The van der Waals surface area contributed by atoms with Crippen LogP contribution in [0.25, 0.3) is 5.69 Å². The van der Waals surface area contributed by atoms with Crippen molar-refractivity contribution in [1.82, 2.24) is 19.8 Å². The second-order valence-corrected chi connectivity index (χ2v) is 5.79. The third-order valence-electron chi connectivity index (χ3n) is 3.33. The maximum atomic E-state index is 13.8. The quantitative estimate of drug-likeness (QED) is 0.732. The molecule has 0 aliphatic carbocycles. The average molecular weight is 395 g/mol. The van der Waals surface area contributed by atoms with Crippen molar-refractivity contribution < 1.29 is 14.2 Å². The van der Waals surface area contributed by atoms with Gasteiger partial charge >= 0.3 is 5.69 Å². The Bertz CT molecular complexity index is 954. The lowest BCUT2D eigenvalue weighted by molar-refractivity contribution is 0.288. The third kappa shape index (κ3) is 3.02. The number of phenols is 1. The molecule has 0 spiro atoms. The van der Waals surface area contributed by atoms with Crippen LogP contribution in [0.2, 0.25) is 0 Å². The molecule has 1 N–H and O–H groups in total. The van der Waals surface area contributed by atoms with Gasteiger partial charge in [-0.25, -0.2) is 9.18 Å². The van der Waals surface area contributed by atoms with Crippen LogP contribution in [0.15, 0.2) is 45.7 Å². The van der Waals surface area contributed by atoms with Crippen LogP contribution in [0.4, 0.5) is 4.39 Å². The van der Waals surface area contributed by atoms with E-state index in [9.17, 15) is 14.3 Å². The van der Waals surface area contributed by atoms with Crippen molar-refractivity contribution in [2.45, 2.75) is 6.61 Å². The first-order valence-electron chi connectivity index (χ1n) is 6.85. The molecule has 1 aromatic heterocycles. The number of ether oxygens (including phenoxy) is 1. The van der Waals surface area contributed by atoms with Gasteiger partial charge in [0.15, 0.2) is 11.6 Å². The first kappa shape index (κ1) is 16.2. The van der Waals surface area contributed by atoms with E-state index in [2.05, 4.69) is 26.4 Å². The second kappa shape index (κ2) is 6.44. The van der Waals surface area contributed by atoms with Gasteiger partial charge in [-0.1, -0.05) is 22.0 Å². The van der Waals surface area contributed by atoms with E-state index >= 15 is 0 Å². The molecule has 3 aromatic rings. The molecule has 7 nitrogen and oxygen atoms in total. The fourth-order valence-corrected chi connectivity index (χ4v) is 2.58. The molecule has 3 rings (SSSR count). The standard InChI is InChI=1S/C15H12BrFN4O3/c1-20-15(23)21(19-18-20)13-4-2-3-11(16)10(13)8-24-14-6-5-9(22)7-12(14)17/h2-7,22H,8H2,1H3. The van der Waals surface area contributed by atoms with Crippen LogP contribution in [0.5, 0.6) is 11.5 Å². The predicted octanol–water partition coefficient (Wildman–Crippen LogP) is 2.15. The highest BCUT2D eigenvalue weighted by Gasteiger charge is 2.15. The molecule has 2 aromatic carbocycles. The number of phenolic OH excluding ortho intramolecular Hbond substituents is 1. The molecule has 0 atom stereocenters. The van der Waals surface area contributed by atoms with Gasteiger partial charge in [0.1, 0.15) is 12.4 Å². The van der Waals surface area contributed by atoms with E-state index in [0.717, 1.165) is 15.4 Å². The van der Waals surface area contributed by atoms with Crippen LogP contribution in [-0.4, -0.2) is 24.9 Å². The van der Waals surface area contributed by atoms with Crippen molar-refractivity contribution in [3.63, 3.8) is 0 Å². The SMILES string of the molecule is Cn1nnn(-c2cccc(Br)c2COc2ccc(O)cc2F)c1=O. The van der Waals surface area contributed by atoms with Gasteiger partial charge in [0.25, 0.3) is 0 Å². The minimum Gasteiger partial charge on any atom is -0.508 e. The predicted molar refractivity (Wildman–Crippen MR) is 86.7 cm³/mol. The van der Waals surface area contributed by atoms with E-state index in [1.54, 1.807) is 18.2 Å². The fraction of sp³-hybridized carbons (Fsp3) is 0.133. The molecule has 0 aliphatic rings. The van der Waals surface area contributed by atoms with Crippen LogP contribution in [0.3, 0.4) is 0 Å². The van der Waals surface area contributed by atoms with Crippen molar-refractivity contribution >= 4 is 15.9 Å². The summed E-state index contributed by atoms with van der Waals surface area (Å²) in [6.45, 7) is -0.0124. The molecular weight excluding hydrogens is 383 g/mol. The van der Waals surface area contributed by atoms with Gasteiger partial charge in [-0.15, -0.1) is 0 Å². The fourth-order valence-electron chi connectivity index (χ4n) is 2.11. The molecular formula is C15H12BrFN4O3. The number of hydrogen-bond donors (Lipinski definition) is 1. The first-order chi connectivity index (χ1) is 11.5. The van der Waals surface area contributed by atoms with Crippen LogP contribution in [-0.2, 0) is 13.7 Å². The molecule has 0 saturated heterocycles. The van der Waals surface area contributed by atoms with E-state index < -0.39 is 11.5 Å². The summed E-state index contributed by atoms with van der Waals surface area (Å²) in [6.07, 6.45) is 0. The highest BCUT2D eigenvalue weighted by atomic mass is 79.9. The summed E-state index contributed by atoms with van der Waals surface area (Å²) in [5, 5.41) is 16.7. The zero-order valence-corrected chi connectivity index (χ0v) is 14.1. The number of rotatable bonds is 4. The highest BCUT2D eigenvalue weighted by molar-refractivity contribution is 9.10. The summed E-state index contributed by atoms with van der Waals surface area (Å²) in [5.41, 5.74) is 0.666.